The zero-order valence-electron chi connectivity index (χ0n) is 14.7. The molecule has 10 heteroatoms. The summed E-state index contributed by atoms with van der Waals surface area (Å²) in [7, 11) is 0. The summed E-state index contributed by atoms with van der Waals surface area (Å²) in [4.78, 5) is 30.5. The van der Waals surface area contributed by atoms with E-state index in [-0.39, 0.29) is 30.6 Å². The highest BCUT2D eigenvalue weighted by Gasteiger charge is 2.26. The van der Waals surface area contributed by atoms with Crippen molar-refractivity contribution >= 4 is 28.8 Å². The van der Waals surface area contributed by atoms with Crippen LogP contribution < -0.4 is 11.1 Å². The molecule has 0 radical (unpaired) electrons. The van der Waals surface area contributed by atoms with E-state index in [0.29, 0.717) is 36.0 Å². The van der Waals surface area contributed by atoms with Crippen LogP contribution in [0.5, 0.6) is 0 Å². The minimum Gasteiger partial charge on any atom is -0.372 e. The number of nitrogens with zero attached hydrogens (tertiary/aromatic N) is 4. The number of nitrogens with one attached hydrogen (secondary N) is 1. The summed E-state index contributed by atoms with van der Waals surface area (Å²) >= 11 is 1.34. The molecule has 2 aromatic heterocycles. The maximum Gasteiger partial charge on any atom is 0.275 e. The Kier molecular flexibility index (Phi) is 5.64. The highest BCUT2D eigenvalue weighted by molar-refractivity contribution is 7.09. The van der Waals surface area contributed by atoms with E-state index in [1.165, 1.54) is 22.2 Å². The van der Waals surface area contributed by atoms with E-state index in [0.717, 1.165) is 0 Å². The van der Waals surface area contributed by atoms with E-state index < -0.39 is 0 Å². The van der Waals surface area contributed by atoms with Crippen molar-refractivity contribution in [2.24, 2.45) is 5.73 Å². The molecule has 0 aliphatic carbocycles. The Hall–Kier alpha value is -2.30. The second kappa shape index (κ2) is 7.94. The summed E-state index contributed by atoms with van der Waals surface area (Å²) in [5, 5.41) is 9.22. The summed E-state index contributed by atoms with van der Waals surface area (Å²) in [6.45, 7) is 5.46. The Morgan fingerprint density at radius 1 is 1.38 bits per heavy atom. The average molecular weight is 378 g/mol. The van der Waals surface area contributed by atoms with Crippen molar-refractivity contribution in [1.29, 1.82) is 0 Å². The first kappa shape index (κ1) is 18.5. The normalized spacial score (nSPS) is 20.2. The summed E-state index contributed by atoms with van der Waals surface area (Å²) in [5.41, 5.74) is 6.33. The molecule has 2 atom stereocenters. The molecule has 1 aliphatic heterocycles. The van der Waals surface area contributed by atoms with Crippen molar-refractivity contribution < 1.29 is 14.3 Å². The maximum atomic E-state index is 12.4. The zero-order valence-corrected chi connectivity index (χ0v) is 15.5. The first-order valence-corrected chi connectivity index (χ1v) is 9.24. The monoisotopic (exact) mass is 378 g/mol. The van der Waals surface area contributed by atoms with Gasteiger partial charge in [-0.2, -0.15) is 5.10 Å². The third-order valence-corrected chi connectivity index (χ3v) is 4.79. The average Bonchev–Trinajstić information content (AvgIpc) is 3.23. The Labute approximate surface area is 155 Å². The van der Waals surface area contributed by atoms with Crippen LogP contribution in [-0.2, 0) is 22.6 Å². The Bertz CT molecular complexity index is 779. The van der Waals surface area contributed by atoms with Crippen LogP contribution in [0.2, 0.25) is 0 Å². The number of hydrogen-bond donors (Lipinski definition) is 2. The number of aromatic nitrogens is 3. The van der Waals surface area contributed by atoms with Gasteiger partial charge in [-0.3, -0.25) is 14.3 Å². The molecule has 1 fully saturated rings. The van der Waals surface area contributed by atoms with E-state index in [2.05, 4.69) is 15.4 Å². The van der Waals surface area contributed by atoms with Gasteiger partial charge in [0.1, 0.15) is 17.2 Å². The van der Waals surface area contributed by atoms with Crippen molar-refractivity contribution in [2.45, 2.75) is 39.1 Å². The first-order valence-electron chi connectivity index (χ1n) is 8.36. The van der Waals surface area contributed by atoms with Gasteiger partial charge in [0.25, 0.3) is 5.91 Å². The van der Waals surface area contributed by atoms with Crippen molar-refractivity contribution in [1.82, 2.24) is 19.7 Å². The van der Waals surface area contributed by atoms with Crippen LogP contribution in [0.4, 0.5) is 5.69 Å². The van der Waals surface area contributed by atoms with Gasteiger partial charge in [0.15, 0.2) is 0 Å². The predicted octanol–water partition coefficient (Wildman–Crippen LogP) is 0.686. The number of morpholine rings is 1. The van der Waals surface area contributed by atoms with E-state index >= 15 is 0 Å². The van der Waals surface area contributed by atoms with Crippen LogP contribution in [0.15, 0.2) is 17.8 Å². The van der Waals surface area contributed by atoms with E-state index in [1.54, 1.807) is 16.5 Å². The minimum absolute atomic E-state index is 0.0201. The molecule has 9 nitrogen and oxygen atoms in total. The lowest BCUT2D eigenvalue weighted by molar-refractivity contribution is -0.144. The summed E-state index contributed by atoms with van der Waals surface area (Å²) in [5.74, 6) is -0.359. The van der Waals surface area contributed by atoms with Crippen LogP contribution >= 0.6 is 11.3 Å². The molecule has 3 heterocycles. The van der Waals surface area contributed by atoms with Crippen LogP contribution in [0.25, 0.3) is 0 Å². The molecule has 0 bridgehead atoms. The fourth-order valence-corrected chi connectivity index (χ4v) is 3.49. The molecule has 1 saturated heterocycles. The number of nitrogens with two attached hydrogens (primary N) is 1. The van der Waals surface area contributed by atoms with Gasteiger partial charge < -0.3 is 20.7 Å². The fraction of sp³-hybridized carbons (Fsp3) is 0.500. The largest absolute Gasteiger partial charge is 0.372 e. The van der Waals surface area contributed by atoms with Gasteiger partial charge in [-0.1, -0.05) is 0 Å². The van der Waals surface area contributed by atoms with Crippen molar-refractivity contribution in [3.8, 4) is 0 Å². The summed E-state index contributed by atoms with van der Waals surface area (Å²) in [6, 6.07) is 0. The molecule has 3 N–H and O–H groups in total. The molecular formula is C16H22N6O3S. The van der Waals surface area contributed by atoms with Gasteiger partial charge in [-0.15, -0.1) is 11.3 Å². The molecule has 2 amide bonds. The lowest BCUT2D eigenvalue weighted by atomic mass is 10.2. The number of carbonyl (C=O) groups excluding carboxylic acids is 2. The molecule has 3 rings (SSSR count). The molecule has 1 aliphatic rings. The van der Waals surface area contributed by atoms with Crippen molar-refractivity contribution in [3.63, 3.8) is 0 Å². The molecule has 0 spiro atoms. The summed E-state index contributed by atoms with van der Waals surface area (Å²) < 4.78 is 7.15. The second-order valence-corrected chi connectivity index (χ2v) is 7.21. The maximum absolute atomic E-state index is 12.4. The third kappa shape index (κ3) is 4.45. The Morgan fingerprint density at radius 3 is 2.77 bits per heavy atom. The van der Waals surface area contributed by atoms with E-state index in [9.17, 15) is 9.59 Å². The third-order valence-electron chi connectivity index (χ3n) is 3.92. The summed E-state index contributed by atoms with van der Waals surface area (Å²) in [6.07, 6.45) is 3.17. The van der Waals surface area contributed by atoms with Gasteiger partial charge in [-0.25, -0.2) is 4.98 Å². The van der Waals surface area contributed by atoms with Crippen LogP contribution in [0.3, 0.4) is 0 Å². The van der Waals surface area contributed by atoms with Crippen LogP contribution in [-0.4, -0.2) is 56.8 Å². The molecule has 0 saturated carbocycles. The van der Waals surface area contributed by atoms with Gasteiger partial charge in [-0.05, 0) is 13.8 Å². The van der Waals surface area contributed by atoms with E-state index in [4.69, 9.17) is 10.5 Å². The highest BCUT2D eigenvalue weighted by atomic mass is 32.1. The first-order chi connectivity index (χ1) is 12.4. The number of rotatable bonds is 5. The Balaban J connectivity index is 1.57. The smallest absolute Gasteiger partial charge is 0.275 e. The minimum atomic E-state index is -0.331. The number of hydrogen-bond acceptors (Lipinski definition) is 7. The van der Waals surface area contributed by atoms with Gasteiger partial charge in [0.2, 0.25) is 5.91 Å². The quantitative estimate of drug-likeness (QED) is 0.791. The van der Waals surface area contributed by atoms with Gasteiger partial charge in [0, 0.05) is 31.2 Å². The number of thiazole rings is 1. The van der Waals surface area contributed by atoms with Gasteiger partial charge in [0.05, 0.1) is 24.1 Å². The highest BCUT2D eigenvalue weighted by Crippen LogP contribution is 2.14. The van der Waals surface area contributed by atoms with Crippen LogP contribution in [0, 0.1) is 0 Å². The second-order valence-electron chi connectivity index (χ2n) is 6.27. The van der Waals surface area contributed by atoms with Gasteiger partial charge >= 0.3 is 0 Å². The number of carbonyl (C=O) groups is 2. The number of anilines is 1. The SMILES string of the molecule is CC1CN(C(=O)Cn2cc(NC(=O)c3csc(CN)n3)cn2)CC(C)O1. The fourth-order valence-electron chi connectivity index (χ4n) is 2.84. The molecule has 2 unspecified atom stereocenters. The lowest BCUT2D eigenvalue weighted by Crippen LogP contribution is -2.49. The molecular weight excluding hydrogens is 356 g/mol. The van der Waals surface area contributed by atoms with Crippen molar-refractivity contribution in [3.05, 3.63) is 28.5 Å². The van der Waals surface area contributed by atoms with Crippen molar-refractivity contribution in [2.75, 3.05) is 18.4 Å². The zero-order chi connectivity index (χ0) is 18.7. The predicted molar refractivity (Wildman–Crippen MR) is 96.8 cm³/mol. The number of ether oxygens (including phenoxy) is 1. The topological polar surface area (TPSA) is 115 Å². The molecule has 140 valence electrons. The Morgan fingerprint density at radius 2 is 2.12 bits per heavy atom. The molecule has 0 aromatic carbocycles. The molecule has 26 heavy (non-hydrogen) atoms. The standard InChI is InChI=1S/C16H22N6O3S/c1-10-5-21(6-11(2)25-10)15(23)8-22-7-12(4-18-22)19-16(24)13-9-26-14(3-17)20-13/h4,7,9-11H,3,5-6,8,17H2,1-2H3,(H,19,24). The molecule has 2 aromatic rings. The van der Waals surface area contributed by atoms with Crippen LogP contribution in [0.1, 0.15) is 29.3 Å². The number of amides is 2. The lowest BCUT2D eigenvalue weighted by Gasteiger charge is -2.35. The van der Waals surface area contributed by atoms with E-state index in [1.807, 2.05) is 13.8 Å².